The van der Waals surface area contributed by atoms with Gasteiger partial charge in [0.1, 0.15) is 12.4 Å². The van der Waals surface area contributed by atoms with E-state index < -0.39 is 15.1 Å². The van der Waals surface area contributed by atoms with E-state index in [-0.39, 0.29) is 6.61 Å². The molecule has 0 amide bonds. The summed E-state index contributed by atoms with van der Waals surface area (Å²) < 4.78 is 26.6. The minimum atomic E-state index is -3.77. The molecular weight excluding hydrogens is 180 g/mol. The van der Waals surface area contributed by atoms with Crippen LogP contribution in [0.4, 0.5) is 0 Å². The summed E-state index contributed by atoms with van der Waals surface area (Å²) in [6.07, 6.45) is 0. The Labute approximate surface area is 69.4 Å². The van der Waals surface area contributed by atoms with Gasteiger partial charge < -0.3 is 4.74 Å². The van der Waals surface area contributed by atoms with E-state index in [9.17, 15) is 8.42 Å². The Bertz CT molecular complexity index is 375. The molecule has 62 valence electrons. The number of rotatable bonds is 2. The van der Waals surface area contributed by atoms with Crippen LogP contribution in [-0.4, -0.2) is 20.3 Å². The topological polar surface area (TPSA) is 94.2 Å². The maximum Gasteiger partial charge on any atom is 0.237 e. The number of nitrogens with zero attached hydrogens (tertiary/aromatic N) is 2. The van der Waals surface area contributed by atoms with Crippen LogP contribution in [0.25, 0.3) is 0 Å². The van der Waals surface area contributed by atoms with Crippen molar-refractivity contribution < 1.29 is 13.2 Å². The Kier molecular flexibility index (Phi) is 2.03. The van der Waals surface area contributed by atoms with E-state index in [1.165, 1.54) is 12.1 Å². The first-order valence-corrected chi connectivity index (χ1v) is 4.57. The van der Waals surface area contributed by atoms with E-state index >= 15 is 0 Å². The summed E-state index contributed by atoms with van der Waals surface area (Å²) in [6, 6.07) is 2.75. The van der Waals surface area contributed by atoms with Crippen LogP contribution in [0.15, 0.2) is 11.2 Å². The molecule has 1 aliphatic rings. The van der Waals surface area contributed by atoms with Crippen LogP contribution in [0.2, 0.25) is 0 Å². The molecule has 0 aromatic carbocycles. The van der Waals surface area contributed by atoms with E-state index in [1.807, 2.05) is 0 Å². The zero-order chi connectivity index (χ0) is 9.19. The zero-order valence-electron chi connectivity index (χ0n) is 5.89. The first-order valence-electron chi connectivity index (χ1n) is 2.96. The average molecular weight is 184 g/mol. The summed E-state index contributed by atoms with van der Waals surface area (Å²) in [4.78, 5) is 0. The molecule has 0 radical (unpaired) electrons. The molecule has 1 fully saturated rings. The number of nitriles is 2. The monoisotopic (exact) mass is 184 g/mol. The molecule has 0 unspecified atom stereocenters. The van der Waals surface area contributed by atoms with Gasteiger partial charge in [-0.2, -0.15) is 10.5 Å². The number of sulfone groups is 1. The molecule has 0 spiro atoms. The van der Waals surface area contributed by atoms with Crippen molar-refractivity contribution in [2.75, 3.05) is 6.61 Å². The lowest BCUT2D eigenvalue weighted by atomic mass is 10.5. The van der Waals surface area contributed by atoms with Crippen LogP contribution in [0, 0.1) is 22.7 Å². The third kappa shape index (κ3) is 1.74. The maximum atomic E-state index is 11.0. The van der Waals surface area contributed by atoms with Crippen molar-refractivity contribution in [3.8, 4) is 12.1 Å². The highest BCUT2D eigenvalue weighted by Gasteiger charge is 2.27. The van der Waals surface area contributed by atoms with Crippen LogP contribution in [-0.2, 0) is 14.6 Å². The van der Waals surface area contributed by atoms with Gasteiger partial charge in [0.2, 0.25) is 15.1 Å². The van der Waals surface area contributed by atoms with Crippen LogP contribution in [0.1, 0.15) is 0 Å². The number of epoxide rings is 1. The molecule has 12 heavy (non-hydrogen) atoms. The molecule has 0 aromatic rings. The van der Waals surface area contributed by atoms with Crippen molar-refractivity contribution in [1.82, 2.24) is 0 Å². The smallest absolute Gasteiger partial charge is 0.237 e. The molecule has 0 atom stereocenters. The lowest BCUT2D eigenvalue weighted by molar-refractivity contribution is 0.510. The number of hydrogen-bond acceptors (Lipinski definition) is 5. The Morgan fingerprint density at radius 3 is 2.33 bits per heavy atom. The van der Waals surface area contributed by atoms with Gasteiger partial charge in [-0.15, -0.1) is 0 Å². The Morgan fingerprint density at radius 2 is 2.00 bits per heavy atom. The minimum Gasteiger partial charge on any atom is -0.486 e. The van der Waals surface area contributed by atoms with Crippen LogP contribution in [0.3, 0.4) is 0 Å². The van der Waals surface area contributed by atoms with E-state index in [4.69, 9.17) is 10.5 Å². The first kappa shape index (κ1) is 8.57. The Morgan fingerprint density at radius 1 is 1.50 bits per heavy atom. The normalized spacial score (nSPS) is 18.1. The molecule has 1 saturated heterocycles. The third-order valence-corrected chi connectivity index (χ3v) is 2.63. The molecule has 5 nitrogen and oxygen atoms in total. The van der Waals surface area contributed by atoms with Gasteiger partial charge in [0.15, 0.2) is 0 Å². The van der Waals surface area contributed by atoms with Gasteiger partial charge >= 0.3 is 0 Å². The standard InChI is InChI=1S/C6H4N2O3S/c7-1-6(2-8)12(9,10)4-5-3-11-5/h4,6H,3H2/b5-4-. The van der Waals surface area contributed by atoms with Crippen molar-refractivity contribution in [2.45, 2.75) is 5.25 Å². The van der Waals surface area contributed by atoms with Gasteiger partial charge in [0.05, 0.1) is 17.5 Å². The highest BCUT2D eigenvalue weighted by Crippen LogP contribution is 2.17. The highest BCUT2D eigenvalue weighted by molar-refractivity contribution is 7.95. The van der Waals surface area contributed by atoms with E-state index in [0.29, 0.717) is 5.76 Å². The molecule has 0 aromatic heterocycles. The van der Waals surface area contributed by atoms with Crippen molar-refractivity contribution in [3.63, 3.8) is 0 Å². The van der Waals surface area contributed by atoms with Crippen LogP contribution in [0.5, 0.6) is 0 Å². The van der Waals surface area contributed by atoms with Gasteiger partial charge in [-0.05, 0) is 0 Å². The SMILES string of the molecule is N#CC(C#N)S(=O)(=O)/C=C1/CO1. The summed E-state index contributed by atoms with van der Waals surface area (Å²) in [7, 11) is -3.77. The van der Waals surface area contributed by atoms with Crippen molar-refractivity contribution >= 4 is 9.84 Å². The van der Waals surface area contributed by atoms with Crippen LogP contribution >= 0.6 is 0 Å². The second-order valence-electron chi connectivity index (χ2n) is 2.10. The lowest BCUT2D eigenvalue weighted by Crippen LogP contribution is -2.14. The number of hydrogen-bond donors (Lipinski definition) is 0. The highest BCUT2D eigenvalue weighted by atomic mass is 32.2. The predicted octanol–water partition coefficient (Wildman–Crippen LogP) is -0.311. The maximum absolute atomic E-state index is 11.0. The second-order valence-corrected chi connectivity index (χ2v) is 3.99. The molecular formula is C6H4N2O3S. The Hall–Kier alpha value is -1.53. The van der Waals surface area contributed by atoms with Gasteiger partial charge in [0.25, 0.3) is 0 Å². The third-order valence-electron chi connectivity index (χ3n) is 1.17. The second kappa shape index (κ2) is 2.84. The van der Waals surface area contributed by atoms with Crippen molar-refractivity contribution in [3.05, 3.63) is 11.2 Å². The number of ether oxygens (including phenoxy) is 1. The molecule has 0 bridgehead atoms. The quantitative estimate of drug-likeness (QED) is 0.548. The summed E-state index contributed by atoms with van der Waals surface area (Å²) in [5.41, 5.74) is 0. The van der Waals surface area contributed by atoms with Gasteiger partial charge in [-0.25, -0.2) is 8.42 Å². The summed E-state index contributed by atoms with van der Waals surface area (Å²) in [6.45, 7) is 0.267. The summed E-state index contributed by atoms with van der Waals surface area (Å²) in [5, 5.41) is 15.7. The van der Waals surface area contributed by atoms with Gasteiger partial charge in [0, 0.05) is 0 Å². The van der Waals surface area contributed by atoms with Gasteiger partial charge in [-0.3, -0.25) is 0 Å². The molecule has 1 aliphatic heterocycles. The molecule has 1 rings (SSSR count). The summed E-state index contributed by atoms with van der Waals surface area (Å²) in [5.74, 6) is 0.297. The van der Waals surface area contributed by atoms with Crippen molar-refractivity contribution in [2.24, 2.45) is 0 Å². The zero-order valence-corrected chi connectivity index (χ0v) is 6.71. The molecule has 0 aliphatic carbocycles. The first-order chi connectivity index (χ1) is 5.60. The molecule has 0 saturated carbocycles. The average Bonchev–Trinajstić information content (AvgIpc) is 2.72. The lowest BCUT2D eigenvalue weighted by Gasteiger charge is -1.93. The Balaban J connectivity index is 2.94. The fourth-order valence-corrected chi connectivity index (χ4v) is 1.47. The molecule has 6 heteroatoms. The van der Waals surface area contributed by atoms with E-state index in [1.54, 1.807) is 0 Å². The fraction of sp³-hybridized carbons (Fsp3) is 0.333. The largest absolute Gasteiger partial charge is 0.486 e. The summed E-state index contributed by atoms with van der Waals surface area (Å²) >= 11 is 0. The molecule has 1 heterocycles. The van der Waals surface area contributed by atoms with Crippen LogP contribution < -0.4 is 0 Å². The van der Waals surface area contributed by atoms with E-state index in [2.05, 4.69) is 4.74 Å². The van der Waals surface area contributed by atoms with Crippen molar-refractivity contribution in [1.29, 1.82) is 10.5 Å². The predicted molar refractivity (Wildman–Crippen MR) is 38.0 cm³/mol. The molecule has 0 N–H and O–H groups in total. The van der Waals surface area contributed by atoms with Gasteiger partial charge in [-0.1, -0.05) is 0 Å². The minimum absolute atomic E-state index is 0.267. The fourth-order valence-electron chi connectivity index (χ4n) is 0.537. The van der Waals surface area contributed by atoms with E-state index in [0.717, 1.165) is 5.41 Å².